The van der Waals surface area contributed by atoms with Gasteiger partial charge in [0.15, 0.2) is 11.6 Å². The van der Waals surface area contributed by atoms with Gasteiger partial charge < -0.3 is 20.9 Å². The van der Waals surface area contributed by atoms with Crippen molar-refractivity contribution in [1.29, 1.82) is 0 Å². The average molecular weight is 313 g/mol. The summed E-state index contributed by atoms with van der Waals surface area (Å²) >= 11 is 0. The molecule has 3 N–H and O–H groups in total. The Kier molecular flexibility index (Phi) is 4.87. The first-order chi connectivity index (χ1) is 11.3. The lowest BCUT2D eigenvalue weighted by molar-refractivity contribution is 0.270. The van der Waals surface area contributed by atoms with Gasteiger partial charge in [0, 0.05) is 45.1 Å². The van der Waals surface area contributed by atoms with Crippen molar-refractivity contribution in [3.63, 3.8) is 0 Å². The van der Waals surface area contributed by atoms with E-state index in [0.29, 0.717) is 18.1 Å². The number of hydrogen-bond donors (Lipinski definition) is 2. The van der Waals surface area contributed by atoms with Crippen LogP contribution < -0.4 is 16.0 Å². The third kappa shape index (κ3) is 3.68. The highest BCUT2D eigenvalue weighted by Crippen LogP contribution is 2.27. The Morgan fingerprint density at radius 1 is 1.22 bits per heavy atom. The highest BCUT2D eigenvalue weighted by Gasteiger charge is 2.20. The number of anilines is 3. The van der Waals surface area contributed by atoms with Crippen molar-refractivity contribution in [1.82, 2.24) is 19.9 Å². The predicted molar refractivity (Wildman–Crippen MR) is 92.3 cm³/mol. The molecule has 0 amide bonds. The molecule has 3 rings (SSSR count). The van der Waals surface area contributed by atoms with E-state index < -0.39 is 0 Å². The number of nitrogens with two attached hydrogens (primary N) is 1. The Hall–Kier alpha value is -2.41. The van der Waals surface area contributed by atoms with Gasteiger partial charge in [-0.15, -0.1) is 0 Å². The summed E-state index contributed by atoms with van der Waals surface area (Å²) in [5.74, 6) is 1.50. The molecule has 7 heteroatoms. The Bertz CT molecular complexity index is 624. The highest BCUT2D eigenvalue weighted by molar-refractivity contribution is 5.75. The lowest BCUT2D eigenvalue weighted by Crippen LogP contribution is -2.46. The van der Waals surface area contributed by atoms with Crippen LogP contribution >= 0.6 is 0 Å². The van der Waals surface area contributed by atoms with Crippen LogP contribution in [0.2, 0.25) is 0 Å². The van der Waals surface area contributed by atoms with Crippen LogP contribution in [0.15, 0.2) is 30.9 Å². The third-order valence-electron chi connectivity index (χ3n) is 4.16. The van der Waals surface area contributed by atoms with Crippen molar-refractivity contribution < 1.29 is 0 Å². The standard InChI is InChI=1S/C16H23N7/c1-2-22-6-8-23(9-7-22)16-14(17)15(20-12-21-16)19-11-13-4-3-5-18-10-13/h3-5,10,12H,2,6-9,11,17H2,1H3,(H,19,20,21). The van der Waals surface area contributed by atoms with Crippen molar-refractivity contribution in [2.75, 3.05) is 48.7 Å². The Morgan fingerprint density at radius 3 is 2.74 bits per heavy atom. The van der Waals surface area contributed by atoms with Crippen LogP contribution in [0, 0.1) is 0 Å². The van der Waals surface area contributed by atoms with E-state index in [1.54, 1.807) is 12.5 Å². The van der Waals surface area contributed by atoms with E-state index in [1.165, 1.54) is 0 Å². The van der Waals surface area contributed by atoms with Crippen LogP contribution in [-0.2, 0) is 6.54 Å². The van der Waals surface area contributed by atoms with Gasteiger partial charge in [0.05, 0.1) is 0 Å². The maximum Gasteiger partial charge on any atom is 0.157 e. The van der Waals surface area contributed by atoms with E-state index >= 15 is 0 Å². The molecule has 1 saturated heterocycles. The van der Waals surface area contributed by atoms with E-state index in [1.807, 2.05) is 18.3 Å². The Balaban J connectivity index is 1.69. The van der Waals surface area contributed by atoms with E-state index in [0.717, 1.165) is 44.1 Å². The molecule has 0 aromatic carbocycles. The zero-order valence-corrected chi connectivity index (χ0v) is 13.4. The normalized spacial score (nSPS) is 15.6. The zero-order valence-electron chi connectivity index (χ0n) is 13.4. The molecule has 0 unspecified atom stereocenters. The molecule has 23 heavy (non-hydrogen) atoms. The summed E-state index contributed by atoms with van der Waals surface area (Å²) in [5, 5.41) is 3.28. The van der Waals surface area contributed by atoms with E-state index in [-0.39, 0.29) is 0 Å². The smallest absolute Gasteiger partial charge is 0.157 e. The van der Waals surface area contributed by atoms with Crippen LogP contribution in [0.4, 0.5) is 17.3 Å². The largest absolute Gasteiger partial charge is 0.393 e. The second-order valence-electron chi connectivity index (χ2n) is 5.60. The van der Waals surface area contributed by atoms with Gasteiger partial charge in [0.25, 0.3) is 0 Å². The topological polar surface area (TPSA) is 83.2 Å². The van der Waals surface area contributed by atoms with Gasteiger partial charge in [-0.1, -0.05) is 13.0 Å². The Labute approximate surface area is 136 Å². The van der Waals surface area contributed by atoms with E-state index in [4.69, 9.17) is 5.73 Å². The molecule has 3 heterocycles. The fourth-order valence-corrected chi connectivity index (χ4v) is 2.74. The first kappa shape index (κ1) is 15.5. The van der Waals surface area contributed by atoms with Gasteiger partial charge in [-0.25, -0.2) is 9.97 Å². The molecule has 0 bridgehead atoms. The molecule has 7 nitrogen and oxygen atoms in total. The number of piperazine rings is 1. The second kappa shape index (κ2) is 7.23. The van der Waals surface area contributed by atoms with Gasteiger partial charge in [0.2, 0.25) is 0 Å². The number of nitrogens with zero attached hydrogens (tertiary/aromatic N) is 5. The van der Waals surface area contributed by atoms with Crippen molar-refractivity contribution >= 4 is 17.3 Å². The first-order valence-electron chi connectivity index (χ1n) is 7.98. The number of hydrogen-bond acceptors (Lipinski definition) is 7. The fraction of sp³-hybridized carbons (Fsp3) is 0.438. The molecule has 122 valence electrons. The summed E-state index contributed by atoms with van der Waals surface area (Å²) < 4.78 is 0. The molecule has 1 aliphatic heterocycles. The maximum atomic E-state index is 6.29. The summed E-state index contributed by atoms with van der Waals surface area (Å²) in [6, 6.07) is 3.93. The quantitative estimate of drug-likeness (QED) is 0.858. The molecule has 2 aromatic heterocycles. The van der Waals surface area contributed by atoms with Gasteiger partial charge in [-0.2, -0.15) is 0 Å². The monoisotopic (exact) mass is 313 g/mol. The fourth-order valence-electron chi connectivity index (χ4n) is 2.74. The molecule has 0 saturated carbocycles. The van der Waals surface area contributed by atoms with Crippen LogP contribution in [0.25, 0.3) is 0 Å². The van der Waals surface area contributed by atoms with E-state index in [9.17, 15) is 0 Å². The zero-order chi connectivity index (χ0) is 16.1. The maximum absolute atomic E-state index is 6.29. The van der Waals surface area contributed by atoms with Crippen LogP contribution in [0.3, 0.4) is 0 Å². The molecule has 2 aromatic rings. The van der Waals surface area contributed by atoms with E-state index in [2.05, 4.69) is 37.0 Å². The summed E-state index contributed by atoms with van der Waals surface area (Å²) in [7, 11) is 0. The van der Waals surface area contributed by atoms with Crippen LogP contribution in [-0.4, -0.2) is 52.6 Å². The van der Waals surface area contributed by atoms with Crippen molar-refractivity contribution in [2.45, 2.75) is 13.5 Å². The number of nitrogens with one attached hydrogen (secondary N) is 1. The summed E-state index contributed by atoms with van der Waals surface area (Å²) in [4.78, 5) is 17.4. The second-order valence-corrected chi connectivity index (χ2v) is 5.60. The number of rotatable bonds is 5. The SMILES string of the molecule is CCN1CCN(c2ncnc(NCc3cccnc3)c2N)CC1. The van der Waals surface area contributed by atoms with Crippen LogP contribution in [0.5, 0.6) is 0 Å². The lowest BCUT2D eigenvalue weighted by Gasteiger charge is -2.35. The summed E-state index contributed by atoms with van der Waals surface area (Å²) in [6.07, 6.45) is 5.16. The van der Waals surface area contributed by atoms with Crippen molar-refractivity contribution in [2.24, 2.45) is 0 Å². The van der Waals surface area contributed by atoms with Gasteiger partial charge >= 0.3 is 0 Å². The minimum Gasteiger partial charge on any atom is -0.393 e. The number of pyridine rings is 1. The van der Waals surface area contributed by atoms with Crippen molar-refractivity contribution in [3.05, 3.63) is 36.4 Å². The highest BCUT2D eigenvalue weighted by atomic mass is 15.3. The lowest BCUT2D eigenvalue weighted by atomic mass is 10.2. The third-order valence-corrected chi connectivity index (χ3v) is 4.16. The van der Waals surface area contributed by atoms with Gasteiger partial charge in [-0.3, -0.25) is 4.98 Å². The van der Waals surface area contributed by atoms with Crippen molar-refractivity contribution in [3.8, 4) is 0 Å². The van der Waals surface area contributed by atoms with Gasteiger partial charge in [-0.05, 0) is 18.2 Å². The molecular formula is C16H23N7. The number of likely N-dealkylation sites (N-methyl/N-ethyl adjacent to an activating group) is 1. The number of aromatic nitrogens is 3. The minimum absolute atomic E-state index is 0.612. The number of nitrogen functional groups attached to an aromatic ring is 1. The minimum atomic E-state index is 0.612. The first-order valence-corrected chi connectivity index (χ1v) is 7.98. The van der Waals surface area contributed by atoms with Gasteiger partial charge in [0.1, 0.15) is 12.0 Å². The molecule has 0 atom stereocenters. The molecule has 1 aliphatic rings. The molecule has 0 radical (unpaired) electrons. The molecule has 1 fully saturated rings. The summed E-state index contributed by atoms with van der Waals surface area (Å²) in [6.45, 7) is 7.88. The Morgan fingerprint density at radius 2 is 2.04 bits per heavy atom. The summed E-state index contributed by atoms with van der Waals surface area (Å²) in [5.41, 5.74) is 7.99. The molecular weight excluding hydrogens is 290 g/mol. The predicted octanol–water partition coefficient (Wildman–Crippen LogP) is 1.21. The average Bonchev–Trinajstić information content (AvgIpc) is 2.62. The van der Waals surface area contributed by atoms with Crippen LogP contribution in [0.1, 0.15) is 12.5 Å². The molecule has 0 aliphatic carbocycles. The molecule has 0 spiro atoms.